The van der Waals surface area contributed by atoms with Crippen LogP contribution in [0.2, 0.25) is 0 Å². The quantitative estimate of drug-likeness (QED) is 0.380. The average molecular weight is 699 g/mol. The van der Waals surface area contributed by atoms with Crippen LogP contribution in [0, 0.1) is 12.3 Å². The number of piperidine rings is 1. The van der Waals surface area contributed by atoms with Crippen molar-refractivity contribution >= 4 is 35.2 Å². The van der Waals surface area contributed by atoms with Crippen LogP contribution >= 0.6 is 11.3 Å². The number of likely N-dealkylation sites (tertiary alicyclic amines) is 2. The number of aryl methyl sites for hydroxylation is 1. The maximum atomic E-state index is 13.2. The summed E-state index contributed by atoms with van der Waals surface area (Å²) in [5.41, 5.74) is 2.11. The van der Waals surface area contributed by atoms with Gasteiger partial charge < -0.3 is 20.2 Å². The Morgan fingerprint density at radius 3 is 1.74 bits per heavy atom. The SMILES string of the molecule is Cc1nc(CN2CCC3(CCCN(Cc4ccncc4)C3)C2=O)cs1.O=C(O)C(F)(F)F.O=C(O)C(F)(F)F.O=C(O)C(F)(F)F. The molecule has 0 aromatic carbocycles. The van der Waals surface area contributed by atoms with Crippen molar-refractivity contribution in [2.24, 2.45) is 5.41 Å². The molecule has 1 amide bonds. The molecule has 0 radical (unpaired) electrons. The van der Waals surface area contributed by atoms with E-state index in [9.17, 15) is 44.3 Å². The second kappa shape index (κ2) is 16.5. The minimum atomic E-state index is -5.08. The molecule has 46 heavy (non-hydrogen) atoms. The summed E-state index contributed by atoms with van der Waals surface area (Å²) in [7, 11) is 0. The van der Waals surface area contributed by atoms with Crippen LogP contribution in [0.25, 0.3) is 0 Å². The first-order valence-electron chi connectivity index (χ1n) is 12.7. The number of hydrogen-bond donors (Lipinski definition) is 3. The van der Waals surface area contributed by atoms with E-state index < -0.39 is 36.4 Å². The van der Waals surface area contributed by atoms with Crippen LogP contribution in [0.1, 0.15) is 35.5 Å². The number of nitrogens with zero attached hydrogens (tertiary/aromatic N) is 4. The summed E-state index contributed by atoms with van der Waals surface area (Å²) in [6.07, 6.45) is -8.48. The summed E-state index contributed by atoms with van der Waals surface area (Å²) >= 11 is 1.66. The second-order valence-electron chi connectivity index (χ2n) is 9.69. The number of hydrogen-bond acceptors (Lipinski definition) is 8. The van der Waals surface area contributed by atoms with E-state index in [1.54, 1.807) is 11.3 Å². The topological polar surface area (TPSA) is 161 Å². The summed E-state index contributed by atoms with van der Waals surface area (Å²) in [5, 5.41) is 24.5. The monoisotopic (exact) mass is 698 g/mol. The van der Waals surface area contributed by atoms with E-state index in [2.05, 4.69) is 32.4 Å². The van der Waals surface area contributed by atoms with Crippen LogP contribution in [-0.4, -0.2) is 97.1 Å². The number of aromatic nitrogens is 2. The Kier molecular flexibility index (Phi) is 14.4. The van der Waals surface area contributed by atoms with Crippen LogP contribution in [0.15, 0.2) is 29.9 Å². The Hall–Kier alpha value is -4.01. The van der Waals surface area contributed by atoms with E-state index in [-0.39, 0.29) is 5.41 Å². The molecule has 0 saturated carbocycles. The molecule has 3 N–H and O–H groups in total. The number of alkyl halides is 9. The number of carbonyl (C=O) groups is 4. The van der Waals surface area contributed by atoms with Gasteiger partial charge in [0.15, 0.2) is 0 Å². The molecule has 2 aliphatic heterocycles. The first-order chi connectivity index (χ1) is 21.0. The fourth-order valence-corrected chi connectivity index (χ4v) is 4.81. The molecule has 4 heterocycles. The van der Waals surface area contributed by atoms with Crippen molar-refractivity contribution in [3.63, 3.8) is 0 Å². The molecular weight excluding hydrogens is 671 g/mol. The standard InChI is InChI=1S/C19H24N4OS.3C2HF3O2/c1-15-21-17(13-25-15)12-23-10-6-19(18(23)24)5-2-9-22(14-19)11-16-3-7-20-8-4-16;3*3-2(4,5)1(6)7/h3-4,7-8,13H,2,5-6,9-12,14H2,1H3;3*(H,6,7). The van der Waals surface area contributed by atoms with E-state index >= 15 is 0 Å². The highest BCUT2D eigenvalue weighted by atomic mass is 32.1. The van der Waals surface area contributed by atoms with Crippen molar-refractivity contribution in [3.05, 3.63) is 46.2 Å². The molecule has 2 fully saturated rings. The Morgan fingerprint density at radius 1 is 0.848 bits per heavy atom. The van der Waals surface area contributed by atoms with Gasteiger partial charge in [0.2, 0.25) is 5.91 Å². The second-order valence-corrected chi connectivity index (χ2v) is 10.8. The number of aliphatic carboxylic acids is 3. The van der Waals surface area contributed by atoms with Crippen molar-refractivity contribution in [2.75, 3.05) is 19.6 Å². The number of carboxylic acid groups (broad SMARTS) is 3. The summed E-state index contributed by atoms with van der Waals surface area (Å²) < 4.78 is 95.2. The lowest BCUT2D eigenvalue weighted by atomic mass is 9.78. The Morgan fingerprint density at radius 2 is 1.33 bits per heavy atom. The lowest BCUT2D eigenvalue weighted by Crippen LogP contribution is -2.47. The Labute approximate surface area is 258 Å². The van der Waals surface area contributed by atoms with Gasteiger partial charge in [0, 0.05) is 37.4 Å². The minimum Gasteiger partial charge on any atom is -0.475 e. The maximum Gasteiger partial charge on any atom is 0.490 e. The summed E-state index contributed by atoms with van der Waals surface area (Å²) in [4.78, 5) is 52.9. The molecule has 2 aromatic heterocycles. The van der Waals surface area contributed by atoms with E-state index in [4.69, 9.17) is 29.7 Å². The highest BCUT2D eigenvalue weighted by molar-refractivity contribution is 7.09. The number of carboxylic acids is 3. The first kappa shape index (κ1) is 40.0. The molecule has 1 spiro atoms. The predicted molar refractivity (Wildman–Crippen MR) is 139 cm³/mol. The lowest BCUT2D eigenvalue weighted by molar-refractivity contribution is -0.193. The molecule has 2 aromatic rings. The summed E-state index contributed by atoms with van der Waals surface area (Å²) in [5.74, 6) is -7.94. The minimum absolute atomic E-state index is 0.184. The van der Waals surface area contributed by atoms with Crippen LogP contribution in [0.5, 0.6) is 0 Å². The molecule has 11 nitrogen and oxygen atoms in total. The van der Waals surface area contributed by atoms with Crippen molar-refractivity contribution in [3.8, 4) is 0 Å². The third-order valence-corrected chi connectivity index (χ3v) is 6.98. The molecule has 0 bridgehead atoms. The van der Waals surface area contributed by atoms with Crippen LogP contribution in [0.3, 0.4) is 0 Å². The van der Waals surface area contributed by atoms with Gasteiger partial charge in [0.25, 0.3) is 0 Å². The van der Waals surface area contributed by atoms with Crippen LogP contribution in [-0.2, 0) is 32.3 Å². The van der Waals surface area contributed by atoms with Gasteiger partial charge in [0.1, 0.15) is 0 Å². The highest BCUT2D eigenvalue weighted by Crippen LogP contribution is 2.41. The Bertz CT molecular complexity index is 1260. The third-order valence-electron chi connectivity index (χ3n) is 6.16. The molecule has 1 atom stereocenters. The zero-order valence-corrected chi connectivity index (χ0v) is 24.4. The Balaban J connectivity index is 0.000000413. The van der Waals surface area contributed by atoms with E-state index in [0.29, 0.717) is 12.5 Å². The van der Waals surface area contributed by atoms with Crippen molar-refractivity contribution < 1.29 is 74.0 Å². The van der Waals surface area contributed by atoms with Crippen LogP contribution in [0.4, 0.5) is 39.5 Å². The molecule has 21 heteroatoms. The van der Waals surface area contributed by atoms with E-state index in [0.717, 1.165) is 56.1 Å². The molecule has 0 aliphatic carbocycles. The number of halogens is 9. The van der Waals surface area contributed by atoms with E-state index in [1.807, 2.05) is 24.2 Å². The zero-order valence-electron chi connectivity index (χ0n) is 23.6. The third kappa shape index (κ3) is 13.5. The van der Waals surface area contributed by atoms with Gasteiger partial charge >= 0.3 is 36.4 Å². The number of pyridine rings is 1. The van der Waals surface area contributed by atoms with Gasteiger partial charge in [-0.1, -0.05) is 0 Å². The molecule has 4 rings (SSSR count). The number of carbonyl (C=O) groups excluding carboxylic acids is 1. The largest absolute Gasteiger partial charge is 0.490 e. The summed E-state index contributed by atoms with van der Waals surface area (Å²) in [6.45, 7) is 6.39. The fourth-order valence-electron chi connectivity index (χ4n) is 4.21. The van der Waals surface area contributed by atoms with Crippen molar-refractivity contribution in [2.45, 2.75) is 57.8 Å². The van der Waals surface area contributed by atoms with Crippen molar-refractivity contribution in [1.29, 1.82) is 0 Å². The molecule has 258 valence electrons. The lowest BCUT2D eigenvalue weighted by Gasteiger charge is -2.39. The van der Waals surface area contributed by atoms with Crippen LogP contribution < -0.4 is 0 Å². The number of amides is 1. The molecule has 2 saturated heterocycles. The van der Waals surface area contributed by atoms with Gasteiger partial charge in [-0.25, -0.2) is 19.4 Å². The first-order valence-corrected chi connectivity index (χ1v) is 13.6. The summed E-state index contributed by atoms with van der Waals surface area (Å²) in [6, 6.07) is 4.13. The molecule has 1 unspecified atom stereocenters. The highest BCUT2D eigenvalue weighted by Gasteiger charge is 2.48. The van der Waals surface area contributed by atoms with E-state index in [1.165, 1.54) is 5.56 Å². The molecular formula is C25H27F9N4O7S. The van der Waals surface area contributed by atoms with Crippen molar-refractivity contribution in [1.82, 2.24) is 19.8 Å². The smallest absolute Gasteiger partial charge is 0.475 e. The van der Waals surface area contributed by atoms with Gasteiger partial charge in [-0.2, -0.15) is 39.5 Å². The maximum absolute atomic E-state index is 13.2. The van der Waals surface area contributed by atoms with Gasteiger partial charge in [-0.05, 0) is 50.4 Å². The molecule has 2 aliphatic rings. The normalized spacial score (nSPS) is 18.4. The number of rotatable bonds is 4. The predicted octanol–water partition coefficient (Wildman–Crippen LogP) is 4.76. The van der Waals surface area contributed by atoms with Gasteiger partial charge in [0.05, 0.1) is 22.7 Å². The van der Waals surface area contributed by atoms with Gasteiger partial charge in [-0.3, -0.25) is 14.7 Å². The van der Waals surface area contributed by atoms with Gasteiger partial charge in [-0.15, -0.1) is 11.3 Å². The zero-order chi connectivity index (χ0) is 35.5. The number of thiazole rings is 1. The average Bonchev–Trinajstić information content (AvgIpc) is 3.47. The fraction of sp³-hybridized carbons (Fsp3) is 0.520.